The van der Waals surface area contributed by atoms with Crippen LogP contribution in [0.4, 0.5) is 0 Å². The molecule has 0 rings (SSSR count). The SMILES string of the molecule is O=C(O)CNC(=O)[C@H](CS)NC(=O)CC[C@H](NC(Cl)=C(Cl)Cl)C(=O)S. The first-order valence-corrected chi connectivity index (χ1v) is 8.89. The Morgan fingerprint density at radius 2 is 1.64 bits per heavy atom. The Balaban J connectivity index is 4.59. The van der Waals surface area contributed by atoms with Gasteiger partial charge in [0.05, 0.1) is 6.04 Å². The van der Waals surface area contributed by atoms with Crippen molar-refractivity contribution in [1.82, 2.24) is 16.0 Å². The molecule has 142 valence electrons. The number of halogens is 3. The topological polar surface area (TPSA) is 125 Å². The molecule has 8 nitrogen and oxygen atoms in total. The van der Waals surface area contributed by atoms with Gasteiger partial charge in [0.25, 0.3) is 0 Å². The number of nitrogens with one attached hydrogen (secondary N) is 3. The molecule has 0 radical (unpaired) electrons. The average molecular weight is 453 g/mol. The maximum Gasteiger partial charge on any atom is 0.322 e. The van der Waals surface area contributed by atoms with Crippen molar-refractivity contribution in [3.8, 4) is 0 Å². The summed E-state index contributed by atoms with van der Waals surface area (Å²) in [5, 5.41) is 14.8. The third kappa shape index (κ3) is 10.7. The molecule has 2 atom stereocenters. The van der Waals surface area contributed by atoms with Gasteiger partial charge in [-0.05, 0) is 6.42 Å². The van der Waals surface area contributed by atoms with E-state index in [1.165, 1.54) is 0 Å². The minimum atomic E-state index is -1.22. The van der Waals surface area contributed by atoms with Crippen LogP contribution < -0.4 is 16.0 Å². The van der Waals surface area contributed by atoms with Crippen LogP contribution in [-0.2, 0) is 19.2 Å². The van der Waals surface area contributed by atoms with Crippen molar-refractivity contribution in [3.05, 3.63) is 9.65 Å². The van der Waals surface area contributed by atoms with Crippen molar-refractivity contribution in [1.29, 1.82) is 0 Å². The van der Waals surface area contributed by atoms with Gasteiger partial charge < -0.3 is 21.1 Å². The third-order valence-electron chi connectivity index (χ3n) is 2.67. The molecule has 0 aromatic heterocycles. The van der Waals surface area contributed by atoms with Crippen molar-refractivity contribution >= 4 is 83.0 Å². The lowest BCUT2D eigenvalue weighted by molar-refractivity contribution is -0.138. The first kappa shape index (κ1) is 24.2. The summed E-state index contributed by atoms with van der Waals surface area (Å²) in [7, 11) is 0. The van der Waals surface area contributed by atoms with E-state index in [-0.39, 0.29) is 28.2 Å². The molecule has 25 heavy (non-hydrogen) atoms. The molecule has 0 aliphatic heterocycles. The van der Waals surface area contributed by atoms with Gasteiger partial charge in [0, 0.05) is 12.2 Å². The van der Waals surface area contributed by atoms with E-state index in [2.05, 4.69) is 41.2 Å². The maximum atomic E-state index is 11.9. The monoisotopic (exact) mass is 451 g/mol. The molecular formula is C12H16Cl3N3O5S2. The fourth-order valence-electron chi connectivity index (χ4n) is 1.49. The summed E-state index contributed by atoms with van der Waals surface area (Å²) in [4.78, 5) is 45.4. The van der Waals surface area contributed by atoms with Gasteiger partial charge >= 0.3 is 5.97 Å². The summed E-state index contributed by atoms with van der Waals surface area (Å²) in [6.07, 6.45) is -0.147. The fraction of sp³-hybridized carbons (Fsp3) is 0.500. The van der Waals surface area contributed by atoms with Crippen LogP contribution in [0.3, 0.4) is 0 Å². The molecule has 0 aliphatic rings. The Bertz CT molecular complexity index is 558. The molecular weight excluding hydrogens is 437 g/mol. The van der Waals surface area contributed by atoms with Gasteiger partial charge in [0.15, 0.2) is 0 Å². The molecule has 13 heteroatoms. The predicted octanol–water partition coefficient (Wildman–Crippen LogP) is 0.640. The molecule has 0 heterocycles. The van der Waals surface area contributed by atoms with Gasteiger partial charge in [-0.25, -0.2) is 0 Å². The molecule has 0 aromatic carbocycles. The van der Waals surface area contributed by atoms with Gasteiger partial charge in [-0.1, -0.05) is 34.8 Å². The number of carbonyl (C=O) groups is 4. The maximum absolute atomic E-state index is 11.9. The fourth-order valence-corrected chi connectivity index (χ4v) is 2.18. The second kappa shape index (κ2) is 12.5. The zero-order valence-corrected chi connectivity index (χ0v) is 16.6. The number of hydrogen-bond donors (Lipinski definition) is 6. The van der Waals surface area contributed by atoms with Crippen LogP contribution in [0.1, 0.15) is 12.8 Å². The van der Waals surface area contributed by atoms with Crippen LogP contribution in [-0.4, -0.2) is 52.4 Å². The Morgan fingerprint density at radius 3 is 2.08 bits per heavy atom. The number of carbonyl (C=O) groups excluding carboxylic acids is 3. The number of hydrogen-bond acceptors (Lipinski definition) is 6. The predicted molar refractivity (Wildman–Crippen MR) is 101 cm³/mol. The summed E-state index contributed by atoms with van der Waals surface area (Å²) in [6, 6.07) is -1.95. The van der Waals surface area contributed by atoms with E-state index < -0.39 is 41.5 Å². The molecule has 0 bridgehead atoms. The first-order valence-electron chi connectivity index (χ1n) is 6.68. The van der Waals surface area contributed by atoms with E-state index in [4.69, 9.17) is 39.9 Å². The van der Waals surface area contributed by atoms with Crippen LogP contribution in [0.25, 0.3) is 0 Å². The summed E-state index contributed by atoms with van der Waals surface area (Å²) in [6.45, 7) is -0.580. The molecule has 2 amide bonds. The Hall–Kier alpha value is -0.810. The number of carboxylic acids is 1. The van der Waals surface area contributed by atoms with E-state index >= 15 is 0 Å². The standard InChI is InChI=1S/C12H16Cl3N3O5S2/c13-9(14)10(15)18-5(12(23)25)1-2-7(19)17-6(4-24)11(22)16-3-8(20)21/h5-6,18,24H,1-4H2,(H,16,22)(H,17,19)(H,20,21)(H,23,25)/t5-,6-/m0/s1. The highest BCUT2D eigenvalue weighted by atomic mass is 35.5. The van der Waals surface area contributed by atoms with E-state index in [1.54, 1.807) is 0 Å². The normalized spacial score (nSPS) is 12.5. The second-order valence-corrected chi connectivity index (χ2v) is 6.70. The lowest BCUT2D eigenvalue weighted by Crippen LogP contribution is -2.49. The van der Waals surface area contributed by atoms with Gasteiger partial charge in [0.1, 0.15) is 22.2 Å². The highest BCUT2D eigenvalue weighted by Gasteiger charge is 2.22. The van der Waals surface area contributed by atoms with Crippen LogP contribution in [0.5, 0.6) is 0 Å². The third-order valence-corrected chi connectivity index (χ3v) is 4.22. The van der Waals surface area contributed by atoms with E-state index in [1.807, 2.05) is 0 Å². The number of thiol groups is 2. The highest BCUT2D eigenvalue weighted by Crippen LogP contribution is 2.17. The summed E-state index contributed by atoms with van der Waals surface area (Å²) in [5.74, 6) is -2.50. The minimum Gasteiger partial charge on any atom is -0.480 e. The van der Waals surface area contributed by atoms with Crippen LogP contribution in [0.15, 0.2) is 9.65 Å². The quantitative estimate of drug-likeness (QED) is 0.202. The Morgan fingerprint density at radius 1 is 1.04 bits per heavy atom. The largest absolute Gasteiger partial charge is 0.480 e. The van der Waals surface area contributed by atoms with Gasteiger partial charge in [-0.15, -0.1) is 12.6 Å². The molecule has 4 N–H and O–H groups in total. The first-order chi connectivity index (χ1) is 11.6. The molecule has 0 aliphatic carbocycles. The van der Waals surface area contributed by atoms with E-state index in [0.29, 0.717) is 0 Å². The van der Waals surface area contributed by atoms with Crippen molar-refractivity contribution in [2.75, 3.05) is 12.3 Å². The number of carboxylic acid groups (broad SMARTS) is 1. The zero-order valence-electron chi connectivity index (χ0n) is 12.6. The van der Waals surface area contributed by atoms with Crippen molar-refractivity contribution in [2.24, 2.45) is 0 Å². The summed E-state index contributed by atoms with van der Waals surface area (Å²) >= 11 is 24.2. The smallest absolute Gasteiger partial charge is 0.322 e. The van der Waals surface area contributed by atoms with E-state index in [0.717, 1.165) is 0 Å². The average Bonchev–Trinajstić information content (AvgIpc) is 2.53. The number of rotatable bonds is 11. The van der Waals surface area contributed by atoms with Gasteiger partial charge in [0.2, 0.25) is 16.9 Å². The van der Waals surface area contributed by atoms with Crippen LogP contribution in [0, 0.1) is 0 Å². The lowest BCUT2D eigenvalue weighted by atomic mass is 10.1. The van der Waals surface area contributed by atoms with Crippen molar-refractivity contribution in [2.45, 2.75) is 24.9 Å². The molecule has 0 saturated carbocycles. The molecule has 0 fully saturated rings. The van der Waals surface area contributed by atoms with E-state index in [9.17, 15) is 19.2 Å². The van der Waals surface area contributed by atoms with Crippen LogP contribution >= 0.6 is 60.1 Å². The molecule has 0 aromatic rings. The van der Waals surface area contributed by atoms with Gasteiger partial charge in [-0.3, -0.25) is 19.2 Å². The van der Waals surface area contributed by atoms with Gasteiger partial charge in [-0.2, -0.15) is 12.6 Å². The van der Waals surface area contributed by atoms with Crippen molar-refractivity contribution in [3.63, 3.8) is 0 Å². The Kier molecular flexibility index (Phi) is 12.1. The summed E-state index contributed by atoms with van der Waals surface area (Å²) < 4.78 is -0.282. The van der Waals surface area contributed by atoms with Crippen LogP contribution in [0.2, 0.25) is 0 Å². The molecule has 0 spiro atoms. The summed E-state index contributed by atoms with van der Waals surface area (Å²) in [5.41, 5.74) is 0. The lowest BCUT2D eigenvalue weighted by Gasteiger charge is -2.18. The minimum absolute atomic E-state index is 0.00147. The molecule has 0 unspecified atom stereocenters. The highest BCUT2D eigenvalue weighted by molar-refractivity contribution is 7.96. The second-order valence-electron chi connectivity index (χ2n) is 4.56. The molecule has 0 saturated heterocycles. The van der Waals surface area contributed by atoms with Crippen molar-refractivity contribution < 1.29 is 24.3 Å². The number of amides is 2. The number of aliphatic carboxylic acids is 1. The zero-order chi connectivity index (χ0) is 19.6. The Labute approximate surface area is 169 Å².